The first kappa shape index (κ1) is 13.5. The molecule has 3 nitrogen and oxygen atoms in total. The van der Waals surface area contributed by atoms with Gasteiger partial charge in [-0.1, -0.05) is 23.4 Å². The van der Waals surface area contributed by atoms with Gasteiger partial charge in [0.15, 0.2) is 0 Å². The van der Waals surface area contributed by atoms with Crippen LogP contribution in [-0.2, 0) is 7.05 Å². The van der Waals surface area contributed by atoms with E-state index in [-0.39, 0.29) is 0 Å². The molecule has 1 aromatic carbocycles. The fraction of sp³-hybridized carbons (Fsp3) is 0.118. The lowest BCUT2D eigenvalue weighted by atomic mass is 10.2. The number of rotatable bonds is 1. The van der Waals surface area contributed by atoms with Crippen molar-refractivity contribution in [2.45, 2.75) is 0 Å². The summed E-state index contributed by atoms with van der Waals surface area (Å²) in [6.07, 6.45) is 3.82. The summed E-state index contributed by atoms with van der Waals surface area (Å²) < 4.78 is 1.99. The van der Waals surface area contributed by atoms with Gasteiger partial charge in [0.2, 0.25) is 0 Å². The smallest absolute Gasteiger partial charge is 0.141 e. The Bertz CT molecular complexity index is 851. The number of aryl methyl sites for hydroxylation is 1. The SMILES string of the molecule is CNc1cnc2c(c1)c(C#Cc1ccc(Cl)cc1)cn2C. The fourth-order valence-corrected chi connectivity index (χ4v) is 2.30. The highest BCUT2D eigenvalue weighted by Gasteiger charge is 2.06. The van der Waals surface area contributed by atoms with Crippen LogP contribution in [0, 0.1) is 11.8 Å². The second kappa shape index (κ2) is 5.51. The van der Waals surface area contributed by atoms with Crippen molar-refractivity contribution >= 4 is 28.3 Å². The Morgan fingerprint density at radius 1 is 1.19 bits per heavy atom. The average molecular weight is 296 g/mol. The Hall–Kier alpha value is -2.44. The van der Waals surface area contributed by atoms with Gasteiger partial charge in [-0.3, -0.25) is 0 Å². The van der Waals surface area contributed by atoms with Gasteiger partial charge in [0, 0.05) is 36.3 Å². The van der Waals surface area contributed by atoms with Crippen molar-refractivity contribution in [3.8, 4) is 11.8 Å². The van der Waals surface area contributed by atoms with Gasteiger partial charge in [-0.25, -0.2) is 4.98 Å². The molecule has 0 saturated heterocycles. The highest BCUT2D eigenvalue weighted by Crippen LogP contribution is 2.21. The van der Waals surface area contributed by atoms with Crippen LogP contribution < -0.4 is 5.32 Å². The van der Waals surface area contributed by atoms with Gasteiger partial charge in [0.1, 0.15) is 5.65 Å². The molecular formula is C17H14ClN3. The van der Waals surface area contributed by atoms with Crippen molar-refractivity contribution in [1.29, 1.82) is 0 Å². The van der Waals surface area contributed by atoms with Gasteiger partial charge in [-0.2, -0.15) is 0 Å². The molecule has 0 fully saturated rings. The van der Waals surface area contributed by atoms with E-state index >= 15 is 0 Å². The molecule has 104 valence electrons. The van der Waals surface area contributed by atoms with Crippen LogP contribution in [0.4, 0.5) is 5.69 Å². The highest BCUT2D eigenvalue weighted by atomic mass is 35.5. The third-order valence-corrected chi connectivity index (χ3v) is 3.54. The molecule has 0 spiro atoms. The number of halogens is 1. The highest BCUT2D eigenvalue weighted by molar-refractivity contribution is 6.30. The first-order chi connectivity index (χ1) is 10.2. The van der Waals surface area contributed by atoms with Crippen molar-refractivity contribution in [2.24, 2.45) is 7.05 Å². The summed E-state index contributed by atoms with van der Waals surface area (Å²) in [5.74, 6) is 6.37. The number of hydrogen-bond acceptors (Lipinski definition) is 2. The molecule has 0 atom stereocenters. The zero-order valence-corrected chi connectivity index (χ0v) is 12.6. The molecule has 2 aromatic heterocycles. The number of nitrogens with zero attached hydrogens (tertiary/aromatic N) is 2. The van der Waals surface area contributed by atoms with E-state index in [2.05, 4.69) is 28.2 Å². The summed E-state index contributed by atoms with van der Waals surface area (Å²) in [7, 11) is 3.85. The largest absolute Gasteiger partial charge is 0.387 e. The minimum absolute atomic E-state index is 0.716. The third kappa shape index (κ3) is 2.72. The van der Waals surface area contributed by atoms with Gasteiger partial charge in [-0.05, 0) is 30.3 Å². The third-order valence-electron chi connectivity index (χ3n) is 3.29. The molecule has 0 radical (unpaired) electrons. The number of benzene rings is 1. The summed E-state index contributed by atoms with van der Waals surface area (Å²) in [6, 6.07) is 9.58. The van der Waals surface area contributed by atoms with Crippen LogP contribution in [0.1, 0.15) is 11.1 Å². The quantitative estimate of drug-likeness (QED) is 0.694. The molecule has 0 unspecified atom stereocenters. The minimum Gasteiger partial charge on any atom is -0.387 e. The molecule has 0 saturated carbocycles. The Morgan fingerprint density at radius 2 is 1.95 bits per heavy atom. The molecule has 0 aliphatic carbocycles. The van der Waals surface area contributed by atoms with E-state index in [9.17, 15) is 0 Å². The summed E-state index contributed by atoms with van der Waals surface area (Å²) in [5.41, 5.74) is 3.80. The second-order valence-corrected chi connectivity index (χ2v) is 5.19. The lowest BCUT2D eigenvalue weighted by molar-refractivity contribution is 0.947. The number of pyridine rings is 1. The van der Waals surface area contributed by atoms with E-state index in [1.54, 1.807) is 0 Å². The Labute approximate surface area is 128 Å². The van der Waals surface area contributed by atoms with Crippen LogP contribution in [0.3, 0.4) is 0 Å². The predicted octanol–water partition coefficient (Wildman–Crippen LogP) is 3.67. The Morgan fingerprint density at radius 3 is 2.67 bits per heavy atom. The van der Waals surface area contributed by atoms with E-state index in [1.165, 1.54) is 0 Å². The molecule has 0 aliphatic rings. The number of anilines is 1. The Kier molecular flexibility index (Phi) is 3.55. The Balaban J connectivity index is 2.06. The first-order valence-corrected chi connectivity index (χ1v) is 6.95. The summed E-state index contributed by atoms with van der Waals surface area (Å²) in [6.45, 7) is 0. The van der Waals surface area contributed by atoms with E-state index in [1.807, 2.05) is 55.3 Å². The van der Waals surface area contributed by atoms with Gasteiger partial charge < -0.3 is 9.88 Å². The van der Waals surface area contributed by atoms with Crippen molar-refractivity contribution in [3.63, 3.8) is 0 Å². The molecule has 0 amide bonds. The maximum Gasteiger partial charge on any atom is 0.141 e. The fourth-order valence-electron chi connectivity index (χ4n) is 2.17. The van der Waals surface area contributed by atoms with Gasteiger partial charge in [0.05, 0.1) is 17.4 Å². The molecule has 2 heterocycles. The normalized spacial score (nSPS) is 10.2. The first-order valence-electron chi connectivity index (χ1n) is 6.58. The monoisotopic (exact) mass is 295 g/mol. The number of hydrogen-bond donors (Lipinski definition) is 1. The molecule has 3 rings (SSSR count). The maximum atomic E-state index is 5.88. The number of fused-ring (bicyclic) bond motifs is 1. The van der Waals surface area contributed by atoms with E-state index in [0.717, 1.165) is 27.8 Å². The minimum atomic E-state index is 0.716. The van der Waals surface area contributed by atoms with E-state index in [0.29, 0.717) is 5.02 Å². The van der Waals surface area contributed by atoms with Crippen LogP contribution in [0.15, 0.2) is 42.7 Å². The zero-order valence-electron chi connectivity index (χ0n) is 11.8. The van der Waals surface area contributed by atoms with Crippen molar-refractivity contribution in [2.75, 3.05) is 12.4 Å². The zero-order chi connectivity index (χ0) is 14.8. The lowest BCUT2D eigenvalue weighted by Gasteiger charge is -1.99. The van der Waals surface area contributed by atoms with Crippen LogP contribution in [-0.4, -0.2) is 16.6 Å². The van der Waals surface area contributed by atoms with Gasteiger partial charge >= 0.3 is 0 Å². The second-order valence-electron chi connectivity index (χ2n) is 4.76. The molecule has 1 N–H and O–H groups in total. The molecule has 0 aliphatic heterocycles. The maximum absolute atomic E-state index is 5.88. The van der Waals surface area contributed by atoms with Crippen molar-refractivity contribution in [1.82, 2.24) is 9.55 Å². The van der Waals surface area contributed by atoms with Crippen molar-refractivity contribution in [3.05, 3.63) is 58.9 Å². The average Bonchev–Trinajstić information content (AvgIpc) is 2.82. The lowest BCUT2D eigenvalue weighted by Crippen LogP contribution is -1.91. The van der Waals surface area contributed by atoms with Crippen molar-refractivity contribution < 1.29 is 0 Å². The molecule has 4 heteroatoms. The van der Waals surface area contributed by atoms with Crippen LogP contribution >= 0.6 is 11.6 Å². The molecule has 0 bridgehead atoms. The molecule has 3 aromatic rings. The topological polar surface area (TPSA) is 29.9 Å². The molecule has 21 heavy (non-hydrogen) atoms. The standard InChI is InChI=1S/C17H14ClN3/c1-19-15-9-16-13(11-21(2)17(16)20-10-15)6-3-12-4-7-14(18)8-5-12/h4-5,7-11,19H,1-2H3. The van der Waals surface area contributed by atoms with Gasteiger partial charge in [-0.15, -0.1) is 0 Å². The van der Waals surface area contributed by atoms with Crippen LogP contribution in [0.25, 0.3) is 11.0 Å². The molecular weight excluding hydrogens is 282 g/mol. The van der Waals surface area contributed by atoms with E-state index < -0.39 is 0 Å². The number of nitrogens with one attached hydrogen (secondary N) is 1. The summed E-state index contributed by atoms with van der Waals surface area (Å²) in [4.78, 5) is 4.45. The predicted molar refractivity (Wildman–Crippen MR) is 87.7 cm³/mol. The van der Waals surface area contributed by atoms with Gasteiger partial charge in [0.25, 0.3) is 0 Å². The number of aromatic nitrogens is 2. The summed E-state index contributed by atoms with van der Waals surface area (Å²) in [5, 5.41) is 4.86. The van der Waals surface area contributed by atoms with E-state index in [4.69, 9.17) is 11.6 Å². The van der Waals surface area contributed by atoms with Crippen LogP contribution in [0.5, 0.6) is 0 Å². The van der Waals surface area contributed by atoms with Crippen LogP contribution in [0.2, 0.25) is 5.02 Å². The summed E-state index contributed by atoms with van der Waals surface area (Å²) >= 11 is 5.88.